The van der Waals surface area contributed by atoms with Crippen LogP contribution in [0.25, 0.3) is 0 Å². The molecule has 0 bridgehead atoms. The van der Waals surface area contributed by atoms with E-state index in [-0.39, 0.29) is 23.9 Å². The first-order valence-corrected chi connectivity index (χ1v) is 8.02. The maximum absolute atomic E-state index is 12.5. The van der Waals surface area contributed by atoms with Crippen molar-refractivity contribution in [3.63, 3.8) is 0 Å². The van der Waals surface area contributed by atoms with E-state index in [4.69, 9.17) is 4.74 Å². The fraction of sp³-hybridized carbons (Fsp3) is 0.545. The molecule has 1 unspecified atom stereocenters. The summed E-state index contributed by atoms with van der Waals surface area (Å²) in [6.45, 7) is 0.00131. The second-order valence-corrected chi connectivity index (χ2v) is 7.07. The lowest BCUT2D eigenvalue weighted by Gasteiger charge is -2.21. The van der Waals surface area contributed by atoms with Crippen LogP contribution in [0.5, 0.6) is 0 Å². The molecule has 1 rings (SSSR count). The second kappa shape index (κ2) is 7.32. The standard InChI is InChI=1S/C11H18BrN3O4S/c1-13-11-10(4-8(12)5-14-11)20(17,18)15(2)6-9(16)7-19-3/h4-5,9,16H,6-7H2,1-3H3,(H,13,14). The first kappa shape index (κ1) is 17.3. The lowest BCUT2D eigenvalue weighted by molar-refractivity contribution is 0.0554. The highest BCUT2D eigenvalue weighted by Crippen LogP contribution is 2.25. The van der Waals surface area contributed by atoms with Gasteiger partial charge in [-0.05, 0) is 22.0 Å². The van der Waals surface area contributed by atoms with Gasteiger partial charge in [0.15, 0.2) is 0 Å². The van der Waals surface area contributed by atoms with Crippen LogP contribution in [0.3, 0.4) is 0 Å². The number of sulfonamides is 1. The van der Waals surface area contributed by atoms with Crippen molar-refractivity contribution in [2.45, 2.75) is 11.0 Å². The van der Waals surface area contributed by atoms with Gasteiger partial charge in [-0.25, -0.2) is 13.4 Å². The van der Waals surface area contributed by atoms with Gasteiger partial charge in [-0.1, -0.05) is 0 Å². The van der Waals surface area contributed by atoms with E-state index < -0.39 is 16.1 Å². The zero-order chi connectivity index (χ0) is 15.3. The fourth-order valence-corrected chi connectivity index (χ4v) is 3.47. The maximum Gasteiger partial charge on any atom is 0.246 e. The van der Waals surface area contributed by atoms with E-state index in [0.29, 0.717) is 4.47 Å². The number of methoxy groups -OCH3 is 1. The number of ether oxygens (including phenoxy) is 1. The summed E-state index contributed by atoms with van der Waals surface area (Å²) in [5.41, 5.74) is 0. The van der Waals surface area contributed by atoms with Crippen molar-refractivity contribution in [2.75, 3.05) is 39.7 Å². The number of nitrogens with one attached hydrogen (secondary N) is 1. The Morgan fingerprint density at radius 1 is 1.60 bits per heavy atom. The Labute approximate surface area is 127 Å². The van der Waals surface area contributed by atoms with E-state index in [2.05, 4.69) is 26.2 Å². The van der Waals surface area contributed by atoms with E-state index in [1.807, 2.05) is 0 Å². The van der Waals surface area contributed by atoms with Crippen molar-refractivity contribution in [3.05, 3.63) is 16.7 Å². The number of aliphatic hydroxyl groups is 1. The van der Waals surface area contributed by atoms with Crippen molar-refractivity contribution in [1.82, 2.24) is 9.29 Å². The minimum absolute atomic E-state index is 0.0430. The van der Waals surface area contributed by atoms with Crippen molar-refractivity contribution in [3.8, 4) is 0 Å². The first-order chi connectivity index (χ1) is 9.32. The third-order valence-electron chi connectivity index (χ3n) is 2.57. The summed E-state index contributed by atoms with van der Waals surface area (Å²) in [6, 6.07) is 1.47. The van der Waals surface area contributed by atoms with Gasteiger partial charge in [0.2, 0.25) is 10.0 Å². The summed E-state index contributed by atoms with van der Waals surface area (Å²) in [5.74, 6) is 0.251. The Bertz CT molecular complexity index is 553. The number of pyridine rings is 1. The summed E-state index contributed by atoms with van der Waals surface area (Å²) in [6.07, 6.45) is 0.614. The second-order valence-electron chi connectivity index (χ2n) is 4.14. The minimum Gasteiger partial charge on any atom is -0.389 e. The number of likely N-dealkylation sites (N-methyl/N-ethyl adjacent to an activating group) is 1. The molecule has 0 aliphatic carbocycles. The molecule has 0 aliphatic rings. The summed E-state index contributed by atoms with van der Waals surface area (Å²) < 4.78 is 31.4. The van der Waals surface area contributed by atoms with Gasteiger partial charge in [0, 0.05) is 38.4 Å². The number of aromatic nitrogens is 1. The third-order valence-corrected chi connectivity index (χ3v) is 4.84. The highest BCUT2D eigenvalue weighted by atomic mass is 79.9. The molecule has 0 saturated heterocycles. The molecule has 0 radical (unpaired) electrons. The van der Waals surface area contributed by atoms with Crippen LogP contribution in [-0.4, -0.2) is 63.3 Å². The molecule has 0 saturated carbocycles. The van der Waals surface area contributed by atoms with Crippen LogP contribution in [0.2, 0.25) is 0 Å². The monoisotopic (exact) mass is 367 g/mol. The predicted octanol–water partition coefficient (Wildman–Crippen LogP) is 0.514. The number of hydrogen-bond donors (Lipinski definition) is 2. The predicted molar refractivity (Wildman–Crippen MR) is 79.2 cm³/mol. The molecule has 9 heteroatoms. The highest BCUT2D eigenvalue weighted by Gasteiger charge is 2.26. The lowest BCUT2D eigenvalue weighted by Crippen LogP contribution is -2.36. The molecule has 1 heterocycles. The van der Waals surface area contributed by atoms with Gasteiger partial charge in [0.1, 0.15) is 10.7 Å². The van der Waals surface area contributed by atoms with E-state index in [0.717, 1.165) is 4.31 Å². The number of halogens is 1. The van der Waals surface area contributed by atoms with Gasteiger partial charge >= 0.3 is 0 Å². The van der Waals surface area contributed by atoms with E-state index in [9.17, 15) is 13.5 Å². The van der Waals surface area contributed by atoms with Crippen molar-refractivity contribution in [2.24, 2.45) is 0 Å². The van der Waals surface area contributed by atoms with Gasteiger partial charge < -0.3 is 15.2 Å². The topological polar surface area (TPSA) is 91.8 Å². The average Bonchev–Trinajstić information content (AvgIpc) is 2.38. The summed E-state index contributed by atoms with van der Waals surface area (Å²) in [4.78, 5) is 4.05. The third kappa shape index (κ3) is 4.13. The Kier molecular flexibility index (Phi) is 6.34. The van der Waals surface area contributed by atoms with Crippen LogP contribution in [0.4, 0.5) is 5.82 Å². The molecule has 0 amide bonds. The van der Waals surface area contributed by atoms with Gasteiger partial charge in [-0.15, -0.1) is 0 Å². The van der Waals surface area contributed by atoms with E-state index in [1.54, 1.807) is 7.05 Å². The molecule has 0 aromatic carbocycles. The van der Waals surface area contributed by atoms with Crippen LogP contribution in [0.15, 0.2) is 21.6 Å². The minimum atomic E-state index is -3.75. The molecule has 20 heavy (non-hydrogen) atoms. The van der Waals surface area contributed by atoms with E-state index >= 15 is 0 Å². The first-order valence-electron chi connectivity index (χ1n) is 5.79. The maximum atomic E-state index is 12.5. The molecule has 2 N–H and O–H groups in total. The van der Waals surface area contributed by atoms with Gasteiger partial charge in [0.05, 0.1) is 12.7 Å². The molecule has 1 aromatic heterocycles. The quantitative estimate of drug-likeness (QED) is 0.729. The Morgan fingerprint density at radius 3 is 2.80 bits per heavy atom. The molecule has 0 aliphatic heterocycles. The van der Waals surface area contributed by atoms with Crippen LogP contribution in [0, 0.1) is 0 Å². The SMILES string of the molecule is CNc1ncc(Br)cc1S(=O)(=O)N(C)CC(O)COC. The van der Waals surface area contributed by atoms with E-state index in [1.165, 1.54) is 26.4 Å². The Morgan fingerprint density at radius 2 is 2.25 bits per heavy atom. The molecular formula is C11H18BrN3O4S. The lowest BCUT2D eigenvalue weighted by atomic mass is 10.4. The summed E-state index contributed by atoms with van der Waals surface area (Å²) in [5, 5.41) is 12.4. The van der Waals surface area contributed by atoms with Gasteiger partial charge in [-0.2, -0.15) is 4.31 Å². The molecule has 0 fully saturated rings. The van der Waals surface area contributed by atoms with Crippen LogP contribution in [0.1, 0.15) is 0 Å². The van der Waals surface area contributed by atoms with Crippen molar-refractivity contribution in [1.29, 1.82) is 0 Å². The zero-order valence-corrected chi connectivity index (χ0v) is 13.9. The number of aliphatic hydroxyl groups excluding tert-OH is 1. The summed E-state index contributed by atoms with van der Waals surface area (Å²) in [7, 11) is 0.674. The van der Waals surface area contributed by atoms with Gasteiger partial charge in [-0.3, -0.25) is 0 Å². The largest absolute Gasteiger partial charge is 0.389 e. The summed E-state index contributed by atoms with van der Waals surface area (Å²) >= 11 is 3.20. The molecule has 1 aromatic rings. The fourth-order valence-electron chi connectivity index (χ4n) is 1.61. The molecular weight excluding hydrogens is 350 g/mol. The molecule has 114 valence electrons. The van der Waals surface area contributed by atoms with Crippen LogP contribution in [-0.2, 0) is 14.8 Å². The van der Waals surface area contributed by atoms with Crippen LogP contribution < -0.4 is 5.32 Å². The Hall–Kier alpha value is -0.740. The molecule has 0 spiro atoms. The van der Waals surface area contributed by atoms with Crippen molar-refractivity contribution < 1.29 is 18.3 Å². The zero-order valence-electron chi connectivity index (χ0n) is 11.5. The highest BCUT2D eigenvalue weighted by molar-refractivity contribution is 9.10. The molecule has 1 atom stereocenters. The van der Waals surface area contributed by atoms with Gasteiger partial charge in [0.25, 0.3) is 0 Å². The smallest absolute Gasteiger partial charge is 0.246 e. The van der Waals surface area contributed by atoms with Crippen molar-refractivity contribution >= 4 is 31.8 Å². The Balaban J connectivity index is 3.07. The number of anilines is 1. The average molecular weight is 368 g/mol. The molecule has 7 nitrogen and oxygen atoms in total. The van der Waals surface area contributed by atoms with Crippen LogP contribution >= 0.6 is 15.9 Å². The number of nitrogens with zero attached hydrogens (tertiary/aromatic N) is 2. The number of hydrogen-bond acceptors (Lipinski definition) is 6. The number of rotatable bonds is 7. The normalized spacial score (nSPS) is 13.5.